The van der Waals surface area contributed by atoms with E-state index in [1.807, 2.05) is 6.08 Å². The highest BCUT2D eigenvalue weighted by Gasteiger charge is 2.30. The van der Waals surface area contributed by atoms with Crippen molar-refractivity contribution in [2.45, 2.75) is 32.3 Å². The largest absolute Gasteiger partial charge is 0.373 e. The van der Waals surface area contributed by atoms with Crippen LogP contribution >= 0.6 is 0 Å². The molecule has 0 N–H and O–H groups in total. The summed E-state index contributed by atoms with van der Waals surface area (Å²) in [5.41, 5.74) is 0. The van der Waals surface area contributed by atoms with Gasteiger partial charge in [0.05, 0.1) is 12.7 Å². The molecular weight excluding hydrogens is 124 g/mol. The molecule has 1 saturated heterocycles. The van der Waals surface area contributed by atoms with Gasteiger partial charge in [-0.1, -0.05) is 19.4 Å². The van der Waals surface area contributed by atoms with Crippen LogP contribution in [0.3, 0.4) is 0 Å². The highest BCUT2D eigenvalue weighted by atomic mass is 16.6. The van der Waals surface area contributed by atoms with E-state index in [0.29, 0.717) is 6.10 Å². The van der Waals surface area contributed by atoms with Crippen LogP contribution in [0, 0.1) is 5.92 Å². The van der Waals surface area contributed by atoms with Crippen LogP contribution in [-0.4, -0.2) is 12.7 Å². The van der Waals surface area contributed by atoms with Crippen LogP contribution in [0.5, 0.6) is 0 Å². The molecule has 2 unspecified atom stereocenters. The van der Waals surface area contributed by atoms with Gasteiger partial charge in [0.2, 0.25) is 0 Å². The zero-order valence-corrected chi connectivity index (χ0v) is 6.68. The van der Waals surface area contributed by atoms with Gasteiger partial charge in [-0.2, -0.15) is 0 Å². The first-order chi connectivity index (χ1) is 4.88. The maximum atomic E-state index is 5.23. The van der Waals surface area contributed by atoms with E-state index in [2.05, 4.69) is 13.5 Å². The van der Waals surface area contributed by atoms with Crippen molar-refractivity contribution < 1.29 is 4.74 Å². The quantitative estimate of drug-likeness (QED) is 0.422. The van der Waals surface area contributed by atoms with Gasteiger partial charge in [0.15, 0.2) is 0 Å². The summed E-state index contributed by atoms with van der Waals surface area (Å²) in [6, 6.07) is 0. The Morgan fingerprint density at radius 3 is 2.90 bits per heavy atom. The summed E-state index contributed by atoms with van der Waals surface area (Å²) in [6.07, 6.45) is 6.24. The molecule has 0 amide bonds. The number of ether oxygens (including phenoxy) is 1. The van der Waals surface area contributed by atoms with Gasteiger partial charge in [0, 0.05) is 0 Å². The Balaban J connectivity index is 2.19. The van der Waals surface area contributed by atoms with Gasteiger partial charge in [0.25, 0.3) is 0 Å². The average molecular weight is 140 g/mol. The van der Waals surface area contributed by atoms with Crippen molar-refractivity contribution in [1.82, 2.24) is 0 Å². The smallest absolute Gasteiger partial charge is 0.0840 e. The van der Waals surface area contributed by atoms with Crippen molar-refractivity contribution in [2.75, 3.05) is 6.61 Å². The zero-order valence-electron chi connectivity index (χ0n) is 6.68. The second-order valence-corrected chi connectivity index (χ2v) is 2.94. The van der Waals surface area contributed by atoms with Crippen LogP contribution in [-0.2, 0) is 4.74 Å². The van der Waals surface area contributed by atoms with E-state index < -0.39 is 0 Å². The van der Waals surface area contributed by atoms with Crippen LogP contribution in [0.15, 0.2) is 12.7 Å². The third-order valence-corrected chi connectivity index (χ3v) is 2.01. The first kappa shape index (κ1) is 7.80. The summed E-state index contributed by atoms with van der Waals surface area (Å²) in [7, 11) is 0. The predicted molar refractivity (Wildman–Crippen MR) is 43.0 cm³/mol. The van der Waals surface area contributed by atoms with E-state index in [4.69, 9.17) is 4.74 Å². The molecule has 0 spiro atoms. The number of epoxide rings is 1. The van der Waals surface area contributed by atoms with E-state index in [1.54, 1.807) is 0 Å². The van der Waals surface area contributed by atoms with Gasteiger partial charge in [-0.15, -0.1) is 6.58 Å². The van der Waals surface area contributed by atoms with Gasteiger partial charge in [-0.05, 0) is 18.8 Å². The van der Waals surface area contributed by atoms with Gasteiger partial charge < -0.3 is 4.74 Å². The molecule has 0 aromatic rings. The number of hydrogen-bond donors (Lipinski definition) is 0. The third kappa shape index (κ3) is 2.14. The Morgan fingerprint density at radius 2 is 2.50 bits per heavy atom. The van der Waals surface area contributed by atoms with Crippen molar-refractivity contribution in [3.63, 3.8) is 0 Å². The van der Waals surface area contributed by atoms with Crippen molar-refractivity contribution in [1.29, 1.82) is 0 Å². The van der Waals surface area contributed by atoms with Crippen LogP contribution in [0.4, 0.5) is 0 Å². The minimum absolute atomic E-state index is 0.568. The lowest BCUT2D eigenvalue weighted by Gasteiger charge is -2.08. The SMILES string of the molecule is C=CCC(CCC)C1CO1. The average Bonchev–Trinajstić information content (AvgIpc) is 2.69. The molecule has 0 aromatic heterocycles. The Morgan fingerprint density at radius 1 is 1.80 bits per heavy atom. The van der Waals surface area contributed by atoms with Crippen LogP contribution < -0.4 is 0 Å². The lowest BCUT2D eigenvalue weighted by Crippen LogP contribution is -2.06. The van der Waals surface area contributed by atoms with Crippen LogP contribution in [0.1, 0.15) is 26.2 Å². The highest BCUT2D eigenvalue weighted by Crippen LogP contribution is 2.27. The predicted octanol–water partition coefficient (Wildman–Crippen LogP) is 2.38. The van der Waals surface area contributed by atoms with Crippen LogP contribution in [0.25, 0.3) is 0 Å². The van der Waals surface area contributed by atoms with Gasteiger partial charge in [0.1, 0.15) is 0 Å². The second kappa shape index (κ2) is 3.77. The topological polar surface area (TPSA) is 12.5 Å². The summed E-state index contributed by atoms with van der Waals surface area (Å²) in [5.74, 6) is 0.752. The van der Waals surface area contributed by atoms with Gasteiger partial charge in [-0.25, -0.2) is 0 Å². The van der Waals surface area contributed by atoms with E-state index >= 15 is 0 Å². The standard InChI is InChI=1S/C9H16O/c1-3-5-8(6-4-2)9-7-10-9/h3,8-9H,1,4-7H2,2H3. The molecule has 58 valence electrons. The first-order valence-corrected chi connectivity index (χ1v) is 4.11. The Labute approximate surface area is 63.1 Å². The molecule has 0 aliphatic carbocycles. The molecule has 0 bridgehead atoms. The zero-order chi connectivity index (χ0) is 7.40. The van der Waals surface area contributed by atoms with Crippen LogP contribution in [0.2, 0.25) is 0 Å². The summed E-state index contributed by atoms with van der Waals surface area (Å²) >= 11 is 0. The monoisotopic (exact) mass is 140 g/mol. The molecule has 1 aliphatic rings. The highest BCUT2D eigenvalue weighted by molar-refractivity contribution is 4.84. The number of hydrogen-bond acceptors (Lipinski definition) is 1. The first-order valence-electron chi connectivity index (χ1n) is 4.11. The molecule has 10 heavy (non-hydrogen) atoms. The minimum atomic E-state index is 0.568. The normalized spacial score (nSPS) is 25.9. The number of rotatable bonds is 5. The fourth-order valence-corrected chi connectivity index (χ4v) is 1.37. The Bertz CT molecular complexity index is 105. The van der Waals surface area contributed by atoms with E-state index in [1.165, 1.54) is 12.8 Å². The molecule has 0 saturated carbocycles. The lowest BCUT2D eigenvalue weighted by atomic mass is 9.97. The third-order valence-electron chi connectivity index (χ3n) is 2.01. The molecule has 1 fully saturated rings. The molecule has 0 aromatic carbocycles. The summed E-state index contributed by atoms with van der Waals surface area (Å²) in [5, 5.41) is 0. The van der Waals surface area contributed by atoms with Crippen molar-refractivity contribution in [3.8, 4) is 0 Å². The minimum Gasteiger partial charge on any atom is -0.373 e. The second-order valence-electron chi connectivity index (χ2n) is 2.94. The summed E-state index contributed by atoms with van der Waals surface area (Å²) < 4.78 is 5.23. The van der Waals surface area contributed by atoms with Gasteiger partial charge >= 0.3 is 0 Å². The maximum Gasteiger partial charge on any atom is 0.0840 e. The fraction of sp³-hybridized carbons (Fsp3) is 0.778. The molecular formula is C9H16O. The fourth-order valence-electron chi connectivity index (χ4n) is 1.37. The van der Waals surface area contributed by atoms with E-state index in [9.17, 15) is 0 Å². The molecule has 2 atom stereocenters. The van der Waals surface area contributed by atoms with E-state index in [-0.39, 0.29) is 0 Å². The van der Waals surface area contributed by atoms with Gasteiger partial charge in [-0.3, -0.25) is 0 Å². The molecule has 1 heterocycles. The van der Waals surface area contributed by atoms with Crippen molar-refractivity contribution >= 4 is 0 Å². The molecule has 1 rings (SSSR count). The summed E-state index contributed by atoms with van der Waals surface area (Å²) in [4.78, 5) is 0. The Hall–Kier alpha value is -0.300. The molecule has 1 nitrogen and oxygen atoms in total. The summed E-state index contributed by atoms with van der Waals surface area (Å²) in [6.45, 7) is 6.94. The lowest BCUT2D eigenvalue weighted by molar-refractivity contribution is 0.315. The molecule has 1 heteroatoms. The number of allylic oxidation sites excluding steroid dienone is 1. The van der Waals surface area contributed by atoms with Crippen molar-refractivity contribution in [3.05, 3.63) is 12.7 Å². The Kier molecular flexibility index (Phi) is 2.94. The van der Waals surface area contributed by atoms with E-state index in [0.717, 1.165) is 18.9 Å². The van der Waals surface area contributed by atoms with Crippen molar-refractivity contribution in [2.24, 2.45) is 5.92 Å². The molecule has 1 aliphatic heterocycles. The maximum absolute atomic E-state index is 5.23. The molecule has 0 radical (unpaired) electrons.